The second-order valence-electron chi connectivity index (χ2n) is 5.95. The minimum atomic E-state index is -4.58. The molecule has 2 atom stereocenters. The van der Waals surface area contributed by atoms with E-state index in [1.807, 2.05) is 0 Å². The van der Waals surface area contributed by atoms with Gasteiger partial charge in [0.1, 0.15) is 6.04 Å². The highest BCUT2D eigenvalue weighted by Gasteiger charge is 2.34. The Morgan fingerprint density at radius 2 is 2.00 bits per heavy atom. The number of para-hydroxylation sites is 1. The van der Waals surface area contributed by atoms with Crippen molar-refractivity contribution in [1.29, 1.82) is 0 Å². The molecule has 2 rings (SSSR count). The van der Waals surface area contributed by atoms with Gasteiger partial charge in [-0.05, 0) is 26.0 Å². The monoisotopic (exact) mass is 409 g/mol. The van der Waals surface area contributed by atoms with E-state index in [0.717, 1.165) is 6.07 Å². The minimum absolute atomic E-state index is 0. The van der Waals surface area contributed by atoms with Crippen molar-refractivity contribution in [2.45, 2.75) is 32.2 Å². The Morgan fingerprint density at radius 1 is 1.33 bits per heavy atom. The van der Waals surface area contributed by atoms with Gasteiger partial charge in [-0.2, -0.15) is 13.2 Å². The first-order chi connectivity index (χ1) is 12.2. The van der Waals surface area contributed by atoms with Crippen LogP contribution in [0.5, 0.6) is 0 Å². The molecule has 0 bridgehead atoms. The molecule has 2 amide bonds. The summed E-state index contributed by atoms with van der Waals surface area (Å²) in [6, 6.07) is 4.13. The maximum atomic E-state index is 13.0. The first-order valence-electron chi connectivity index (χ1n) is 8.34. The number of carbonyl (C=O) groups excluding carboxylic acids is 2. The Hall–Kier alpha value is -1.84. The fourth-order valence-electron chi connectivity index (χ4n) is 2.75. The first-order valence-corrected chi connectivity index (χ1v) is 8.34. The van der Waals surface area contributed by atoms with Crippen LogP contribution < -0.4 is 10.6 Å². The fraction of sp³-hybridized carbons (Fsp3) is 0.529. The zero-order valence-corrected chi connectivity index (χ0v) is 15.8. The number of hydrogen-bond donors (Lipinski definition) is 2. The SMILES string of the molecule is CCN(CC(=O)Nc1ccccc1C(F)(F)F)C(=O)[C@H]1NCCO[C@@H]1C.Cl. The van der Waals surface area contributed by atoms with Crippen LogP contribution in [0.1, 0.15) is 19.4 Å². The van der Waals surface area contributed by atoms with Crippen LogP contribution in [0.3, 0.4) is 0 Å². The summed E-state index contributed by atoms with van der Waals surface area (Å²) in [5.74, 6) is -1.01. The molecule has 1 aliphatic heterocycles. The van der Waals surface area contributed by atoms with Crippen LogP contribution in [0.25, 0.3) is 0 Å². The normalized spacial score (nSPS) is 19.7. The summed E-state index contributed by atoms with van der Waals surface area (Å²) < 4.78 is 44.4. The molecule has 27 heavy (non-hydrogen) atoms. The predicted molar refractivity (Wildman–Crippen MR) is 96.8 cm³/mol. The third kappa shape index (κ3) is 6.08. The van der Waals surface area contributed by atoms with Crippen molar-refractivity contribution in [2.24, 2.45) is 0 Å². The smallest absolute Gasteiger partial charge is 0.375 e. The lowest BCUT2D eigenvalue weighted by molar-refractivity contribution is -0.142. The van der Waals surface area contributed by atoms with Gasteiger partial charge >= 0.3 is 6.18 Å². The zero-order chi connectivity index (χ0) is 19.3. The number of carbonyl (C=O) groups is 2. The second-order valence-corrected chi connectivity index (χ2v) is 5.95. The number of likely N-dealkylation sites (N-methyl/N-ethyl adjacent to an activating group) is 1. The zero-order valence-electron chi connectivity index (χ0n) is 15.0. The number of amides is 2. The van der Waals surface area contributed by atoms with Crippen LogP contribution in [-0.2, 0) is 20.5 Å². The lowest BCUT2D eigenvalue weighted by atomic mass is 10.1. The number of halogens is 4. The molecule has 6 nitrogen and oxygen atoms in total. The predicted octanol–water partition coefficient (Wildman–Crippen LogP) is 2.29. The van der Waals surface area contributed by atoms with Gasteiger partial charge in [-0.25, -0.2) is 0 Å². The van der Waals surface area contributed by atoms with Gasteiger partial charge < -0.3 is 20.3 Å². The number of morpholine rings is 1. The van der Waals surface area contributed by atoms with Gasteiger partial charge in [0.25, 0.3) is 0 Å². The van der Waals surface area contributed by atoms with Crippen LogP contribution in [-0.4, -0.2) is 55.1 Å². The highest BCUT2D eigenvalue weighted by Crippen LogP contribution is 2.34. The molecule has 10 heteroatoms. The lowest BCUT2D eigenvalue weighted by Gasteiger charge is -2.33. The van der Waals surface area contributed by atoms with Crippen molar-refractivity contribution >= 4 is 29.9 Å². The molecule has 0 aliphatic carbocycles. The molecule has 1 saturated heterocycles. The number of nitrogens with one attached hydrogen (secondary N) is 2. The van der Waals surface area contributed by atoms with Gasteiger partial charge in [0.05, 0.1) is 30.5 Å². The quantitative estimate of drug-likeness (QED) is 0.782. The minimum Gasteiger partial charge on any atom is -0.375 e. The highest BCUT2D eigenvalue weighted by atomic mass is 35.5. The molecule has 1 aliphatic rings. The average molecular weight is 410 g/mol. The number of alkyl halides is 3. The van der Waals surface area contributed by atoms with Crippen molar-refractivity contribution in [3.8, 4) is 0 Å². The maximum Gasteiger partial charge on any atom is 0.418 e. The van der Waals surface area contributed by atoms with Crippen LogP contribution in [0, 0.1) is 0 Å². The van der Waals surface area contributed by atoms with E-state index in [1.54, 1.807) is 13.8 Å². The van der Waals surface area contributed by atoms with Crippen molar-refractivity contribution in [3.05, 3.63) is 29.8 Å². The van der Waals surface area contributed by atoms with E-state index in [2.05, 4.69) is 10.6 Å². The van der Waals surface area contributed by atoms with Crippen molar-refractivity contribution in [1.82, 2.24) is 10.2 Å². The largest absolute Gasteiger partial charge is 0.418 e. The molecular formula is C17H23ClF3N3O3. The van der Waals surface area contributed by atoms with Crippen molar-refractivity contribution in [2.75, 3.05) is 31.6 Å². The third-order valence-electron chi connectivity index (χ3n) is 4.12. The topological polar surface area (TPSA) is 70.7 Å². The molecule has 1 fully saturated rings. The van der Waals surface area contributed by atoms with Crippen LogP contribution in [0.4, 0.5) is 18.9 Å². The van der Waals surface area contributed by atoms with Gasteiger partial charge in [0, 0.05) is 13.1 Å². The summed E-state index contributed by atoms with van der Waals surface area (Å²) in [5, 5.41) is 5.29. The third-order valence-corrected chi connectivity index (χ3v) is 4.12. The Kier molecular flexibility index (Phi) is 8.52. The number of nitrogens with zero attached hydrogens (tertiary/aromatic N) is 1. The average Bonchev–Trinajstić information content (AvgIpc) is 2.59. The van der Waals surface area contributed by atoms with E-state index < -0.39 is 23.7 Å². The lowest BCUT2D eigenvalue weighted by Crippen LogP contribution is -2.57. The second kappa shape index (κ2) is 9.91. The van der Waals surface area contributed by atoms with Crippen LogP contribution >= 0.6 is 12.4 Å². The summed E-state index contributed by atoms with van der Waals surface area (Å²) in [5.41, 5.74) is -1.26. The molecular weight excluding hydrogens is 387 g/mol. The van der Waals surface area contributed by atoms with E-state index in [9.17, 15) is 22.8 Å². The number of hydrogen-bond acceptors (Lipinski definition) is 4. The molecule has 0 unspecified atom stereocenters. The Labute approximate surface area is 161 Å². The van der Waals surface area contributed by atoms with E-state index in [4.69, 9.17) is 4.74 Å². The molecule has 2 N–H and O–H groups in total. The fourth-order valence-corrected chi connectivity index (χ4v) is 2.75. The molecule has 152 valence electrons. The van der Waals surface area contributed by atoms with Gasteiger partial charge in [0.2, 0.25) is 11.8 Å². The van der Waals surface area contributed by atoms with E-state index in [1.165, 1.54) is 23.1 Å². The Bertz CT molecular complexity index is 658. The molecule has 1 heterocycles. The standard InChI is InChI=1S/C17H22F3N3O3.ClH/c1-3-23(16(25)15-11(2)26-9-8-21-15)10-14(24)22-13-7-5-4-6-12(13)17(18,19)20;/h4-7,11,15,21H,3,8-10H2,1-2H3,(H,22,24);1H/t11-,15+;/m1./s1. The number of rotatable bonds is 5. The summed E-state index contributed by atoms with van der Waals surface area (Å²) in [6.45, 7) is 4.37. The number of ether oxygens (including phenoxy) is 1. The molecule has 0 saturated carbocycles. The first kappa shape index (κ1) is 23.2. The molecule has 0 radical (unpaired) electrons. The molecule has 0 aromatic heterocycles. The van der Waals surface area contributed by atoms with Crippen molar-refractivity contribution in [3.63, 3.8) is 0 Å². The van der Waals surface area contributed by atoms with Crippen molar-refractivity contribution < 1.29 is 27.5 Å². The molecule has 0 spiro atoms. The van der Waals surface area contributed by atoms with Crippen LogP contribution in [0.15, 0.2) is 24.3 Å². The van der Waals surface area contributed by atoms with Crippen LogP contribution in [0.2, 0.25) is 0 Å². The van der Waals surface area contributed by atoms with Gasteiger partial charge in [0.15, 0.2) is 0 Å². The summed E-state index contributed by atoms with van der Waals surface area (Å²) in [6.07, 6.45) is -4.93. The highest BCUT2D eigenvalue weighted by molar-refractivity contribution is 5.96. The Balaban J connectivity index is 0.00000364. The van der Waals surface area contributed by atoms with E-state index in [-0.39, 0.29) is 43.2 Å². The van der Waals surface area contributed by atoms with Gasteiger partial charge in [-0.3, -0.25) is 9.59 Å². The Morgan fingerprint density at radius 3 is 2.59 bits per heavy atom. The molecule has 1 aromatic carbocycles. The summed E-state index contributed by atoms with van der Waals surface area (Å²) in [7, 11) is 0. The summed E-state index contributed by atoms with van der Waals surface area (Å²) >= 11 is 0. The number of benzene rings is 1. The maximum absolute atomic E-state index is 13.0. The van der Waals surface area contributed by atoms with Gasteiger partial charge in [-0.1, -0.05) is 12.1 Å². The van der Waals surface area contributed by atoms with Gasteiger partial charge in [-0.15, -0.1) is 12.4 Å². The van der Waals surface area contributed by atoms with E-state index in [0.29, 0.717) is 13.2 Å². The number of anilines is 1. The summed E-state index contributed by atoms with van der Waals surface area (Å²) in [4.78, 5) is 26.1. The van der Waals surface area contributed by atoms with E-state index >= 15 is 0 Å². The molecule has 1 aromatic rings.